The number of aryl methyl sites for hydroxylation is 1. The molecule has 1 saturated heterocycles. The molecule has 0 aromatic heterocycles. The van der Waals surface area contributed by atoms with Gasteiger partial charge in [0.25, 0.3) is 11.8 Å². The van der Waals surface area contributed by atoms with E-state index in [-0.39, 0.29) is 11.8 Å². The largest absolute Gasteiger partial charge is 0.465 e. The third kappa shape index (κ3) is 5.37. The SMILES string of the molecule is COC(=O)c1ccc(N2C(=O)C(Sc3ccc(C)cc3)=C(N3CCN(Cc4ccccc4)CC3)C2=O)cc1. The fraction of sp³-hybridized carbons (Fsp3) is 0.233. The van der Waals surface area contributed by atoms with Gasteiger partial charge in [0.1, 0.15) is 10.6 Å². The van der Waals surface area contributed by atoms with Crippen LogP contribution in [-0.4, -0.2) is 60.9 Å². The number of esters is 1. The Morgan fingerprint density at radius 1 is 0.842 bits per heavy atom. The summed E-state index contributed by atoms with van der Waals surface area (Å²) >= 11 is 1.33. The molecule has 194 valence electrons. The molecule has 3 aromatic carbocycles. The minimum atomic E-state index is -0.474. The summed E-state index contributed by atoms with van der Waals surface area (Å²) < 4.78 is 4.77. The van der Waals surface area contributed by atoms with Gasteiger partial charge in [-0.05, 0) is 48.9 Å². The molecule has 38 heavy (non-hydrogen) atoms. The number of nitrogens with zero attached hydrogens (tertiary/aromatic N) is 3. The maximum absolute atomic E-state index is 13.8. The van der Waals surface area contributed by atoms with E-state index in [0.717, 1.165) is 30.1 Å². The van der Waals surface area contributed by atoms with Gasteiger partial charge in [0.05, 0.1) is 18.4 Å². The second kappa shape index (κ2) is 11.2. The number of imide groups is 1. The van der Waals surface area contributed by atoms with Crippen LogP contribution in [0.4, 0.5) is 5.69 Å². The highest BCUT2D eigenvalue weighted by molar-refractivity contribution is 8.04. The van der Waals surface area contributed by atoms with Crippen LogP contribution < -0.4 is 4.90 Å². The number of methoxy groups -OCH3 is 1. The first kappa shape index (κ1) is 25.8. The van der Waals surface area contributed by atoms with E-state index in [2.05, 4.69) is 17.0 Å². The molecule has 8 heteroatoms. The van der Waals surface area contributed by atoms with Crippen molar-refractivity contribution in [2.45, 2.75) is 18.4 Å². The number of ether oxygens (including phenoxy) is 1. The van der Waals surface area contributed by atoms with Gasteiger partial charge < -0.3 is 9.64 Å². The van der Waals surface area contributed by atoms with Gasteiger partial charge in [-0.15, -0.1) is 0 Å². The number of hydrogen-bond acceptors (Lipinski definition) is 7. The number of anilines is 1. The van der Waals surface area contributed by atoms with Crippen LogP contribution in [0.2, 0.25) is 0 Å². The second-order valence-corrected chi connectivity index (χ2v) is 10.4. The topological polar surface area (TPSA) is 70.2 Å². The van der Waals surface area contributed by atoms with Gasteiger partial charge >= 0.3 is 5.97 Å². The Morgan fingerprint density at radius 3 is 2.13 bits per heavy atom. The van der Waals surface area contributed by atoms with Gasteiger partial charge in [-0.1, -0.05) is 59.8 Å². The second-order valence-electron chi connectivity index (χ2n) is 9.33. The Hall–Kier alpha value is -3.88. The van der Waals surface area contributed by atoms with Crippen LogP contribution in [-0.2, 0) is 20.9 Å². The van der Waals surface area contributed by atoms with Gasteiger partial charge in [-0.25, -0.2) is 9.69 Å². The first-order valence-corrected chi connectivity index (χ1v) is 13.3. The zero-order valence-electron chi connectivity index (χ0n) is 21.4. The number of thioether (sulfide) groups is 1. The van der Waals surface area contributed by atoms with E-state index < -0.39 is 5.97 Å². The number of carbonyl (C=O) groups excluding carboxylic acids is 3. The van der Waals surface area contributed by atoms with Gasteiger partial charge in [-0.3, -0.25) is 14.5 Å². The van der Waals surface area contributed by atoms with Crippen LogP contribution in [0.1, 0.15) is 21.5 Å². The van der Waals surface area contributed by atoms with E-state index >= 15 is 0 Å². The van der Waals surface area contributed by atoms with Crippen molar-refractivity contribution in [2.24, 2.45) is 0 Å². The Kier molecular flexibility index (Phi) is 7.62. The first-order chi connectivity index (χ1) is 18.4. The predicted molar refractivity (Wildman–Crippen MR) is 148 cm³/mol. The molecule has 0 N–H and O–H groups in total. The molecule has 0 bridgehead atoms. The van der Waals surface area contributed by atoms with Gasteiger partial charge in [0.15, 0.2) is 0 Å². The van der Waals surface area contributed by atoms with Crippen molar-refractivity contribution in [1.82, 2.24) is 9.80 Å². The highest BCUT2D eigenvalue weighted by atomic mass is 32.2. The number of carbonyl (C=O) groups is 3. The van der Waals surface area contributed by atoms with E-state index in [1.165, 1.54) is 29.3 Å². The lowest BCUT2D eigenvalue weighted by Gasteiger charge is -2.36. The molecule has 2 aliphatic rings. The van der Waals surface area contributed by atoms with Crippen LogP contribution in [0.5, 0.6) is 0 Å². The molecular formula is C30H29N3O4S. The summed E-state index contributed by atoms with van der Waals surface area (Å²) in [7, 11) is 1.31. The summed E-state index contributed by atoms with van der Waals surface area (Å²) in [5, 5.41) is 0. The third-order valence-electron chi connectivity index (χ3n) is 6.74. The fourth-order valence-corrected chi connectivity index (χ4v) is 5.66. The molecule has 1 fully saturated rings. The third-order valence-corrected chi connectivity index (χ3v) is 7.82. The normalized spacial score (nSPS) is 16.4. The number of piperazine rings is 1. The molecule has 2 aliphatic heterocycles. The standard InChI is InChI=1S/C30H29N3O4S/c1-21-8-14-25(15-9-21)38-27-26(32-18-16-31(17-19-32)20-22-6-4-3-5-7-22)28(34)33(29(27)35)24-12-10-23(11-13-24)30(36)37-2/h3-15H,16-20H2,1-2H3. The lowest BCUT2D eigenvalue weighted by molar-refractivity contribution is -0.121. The maximum Gasteiger partial charge on any atom is 0.337 e. The number of benzene rings is 3. The zero-order chi connectivity index (χ0) is 26.6. The number of hydrogen-bond donors (Lipinski definition) is 0. The number of rotatable bonds is 7. The Balaban J connectivity index is 1.40. The van der Waals surface area contributed by atoms with E-state index in [1.807, 2.05) is 54.3 Å². The molecule has 0 aliphatic carbocycles. The quantitative estimate of drug-likeness (QED) is 0.332. The van der Waals surface area contributed by atoms with Crippen molar-refractivity contribution in [3.63, 3.8) is 0 Å². The van der Waals surface area contributed by atoms with Crippen molar-refractivity contribution < 1.29 is 19.1 Å². The molecular weight excluding hydrogens is 498 g/mol. The lowest BCUT2D eigenvalue weighted by atomic mass is 10.2. The first-order valence-electron chi connectivity index (χ1n) is 12.5. The van der Waals surface area contributed by atoms with E-state index in [9.17, 15) is 14.4 Å². The molecule has 0 saturated carbocycles. The van der Waals surface area contributed by atoms with Crippen molar-refractivity contribution in [3.8, 4) is 0 Å². The Morgan fingerprint density at radius 2 is 1.50 bits per heavy atom. The van der Waals surface area contributed by atoms with E-state index in [1.54, 1.807) is 24.3 Å². The summed E-state index contributed by atoms with van der Waals surface area (Å²) in [6.45, 7) is 5.73. The molecule has 0 radical (unpaired) electrons. The number of amides is 2. The monoisotopic (exact) mass is 527 g/mol. The predicted octanol–water partition coefficient (Wildman–Crippen LogP) is 4.48. The smallest absolute Gasteiger partial charge is 0.337 e. The van der Waals surface area contributed by atoms with Crippen molar-refractivity contribution in [2.75, 3.05) is 38.2 Å². The van der Waals surface area contributed by atoms with Crippen molar-refractivity contribution in [3.05, 3.63) is 106 Å². The molecule has 0 atom stereocenters. The minimum Gasteiger partial charge on any atom is -0.465 e. The molecule has 7 nitrogen and oxygen atoms in total. The molecule has 2 heterocycles. The maximum atomic E-state index is 13.8. The van der Waals surface area contributed by atoms with Crippen molar-refractivity contribution in [1.29, 1.82) is 0 Å². The van der Waals surface area contributed by atoms with Crippen LogP contribution >= 0.6 is 11.8 Å². The molecule has 5 rings (SSSR count). The zero-order valence-corrected chi connectivity index (χ0v) is 22.2. The average molecular weight is 528 g/mol. The Labute approximate surface area is 226 Å². The van der Waals surface area contributed by atoms with Gasteiger partial charge in [0.2, 0.25) is 0 Å². The highest BCUT2D eigenvalue weighted by Gasteiger charge is 2.43. The Bertz CT molecular complexity index is 1360. The highest BCUT2D eigenvalue weighted by Crippen LogP contribution is 2.39. The minimum absolute atomic E-state index is 0.341. The molecule has 3 aromatic rings. The fourth-order valence-electron chi connectivity index (χ4n) is 4.66. The summed E-state index contributed by atoms with van der Waals surface area (Å²) in [6.07, 6.45) is 0. The molecule has 2 amide bonds. The van der Waals surface area contributed by atoms with E-state index in [0.29, 0.717) is 34.9 Å². The summed E-state index contributed by atoms with van der Waals surface area (Å²) in [5.74, 6) is -1.17. The summed E-state index contributed by atoms with van der Waals surface area (Å²) in [5.41, 5.74) is 3.60. The van der Waals surface area contributed by atoms with Crippen molar-refractivity contribution >= 4 is 35.2 Å². The van der Waals surface area contributed by atoms with Crippen LogP contribution in [0, 0.1) is 6.92 Å². The summed E-state index contributed by atoms with van der Waals surface area (Å²) in [6, 6.07) is 24.6. The average Bonchev–Trinajstić information content (AvgIpc) is 3.19. The van der Waals surface area contributed by atoms with Crippen LogP contribution in [0.15, 0.2) is 94.4 Å². The molecule has 0 unspecified atom stereocenters. The van der Waals surface area contributed by atoms with Crippen LogP contribution in [0.3, 0.4) is 0 Å². The van der Waals surface area contributed by atoms with E-state index in [4.69, 9.17) is 4.74 Å². The lowest BCUT2D eigenvalue weighted by Crippen LogP contribution is -2.47. The summed E-state index contributed by atoms with van der Waals surface area (Å²) in [4.78, 5) is 46.3. The van der Waals surface area contributed by atoms with Crippen LogP contribution in [0.25, 0.3) is 0 Å². The molecule has 0 spiro atoms. The van der Waals surface area contributed by atoms with Gasteiger partial charge in [-0.2, -0.15) is 0 Å². The van der Waals surface area contributed by atoms with Gasteiger partial charge in [0, 0.05) is 37.6 Å².